The Labute approximate surface area is 252 Å². The molecule has 44 heavy (non-hydrogen) atoms. The Morgan fingerprint density at radius 1 is 0.409 bits per heavy atom. The van der Waals surface area contributed by atoms with Gasteiger partial charge in [0.05, 0.1) is 44.3 Å². The van der Waals surface area contributed by atoms with Crippen LogP contribution in [0.15, 0.2) is 146 Å². The molecule has 4 heterocycles. The van der Waals surface area contributed by atoms with E-state index in [2.05, 4.69) is 143 Å². The molecule has 10 aromatic rings. The number of aromatic nitrogens is 4. The number of hydrogen-bond donors (Lipinski definition) is 0. The van der Waals surface area contributed by atoms with E-state index in [0.29, 0.717) is 0 Å². The van der Waals surface area contributed by atoms with Gasteiger partial charge in [0.25, 0.3) is 0 Å². The Hall–Kier alpha value is -6.00. The van der Waals surface area contributed by atoms with Crippen molar-refractivity contribution in [1.82, 2.24) is 19.1 Å². The fraction of sp³-hybridized carbons (Fsp3) is 0. The van der Waals surface area contributed by atoms with Crippen molar-refractivity contribution in [2.45, 2.75) is 0 Å². The molecular weight excluding hydrogens is 536 g/mol. The summed E-state index contributed by atoms with van der Waals surface area (Å²) in [6.45, 7) is 0. The molecule has 0 aliphatic heterocycles. The van der Waals surface area contributed by atoms with Crippen molar-refractivity contribution < 1.29 is 0 Å². The van der Waals surface area contributed by atoms with Crippen LogP contribution < -0.4 is 0 Å². The maximum Gasteiger partial charge on any atom is 0.0993 e. The number of nitrogens with zero attached hydrogens (tertiary/aromatic N) is 4. The molecule has 4 nitrogen and oxygen atoms in total. The zero-order valence-corrected chi connectivity index (χ0v) is 23.6. The van der Waals surface area contributed by atoms with Gasteiger partial charge in [-0.25, -0.2) is 4.98 Å². The lowest BCUT2D eigenvalue weighted by Gasteiger charge is -2.16. The molecule has 0 fully saturated rings. The lowest BCUT2D eigenvalue weighted by molar-refractivity contribution is 1.18. The standard InChI is InChI=1S/C40H24N4/c1-5-15-33-30(14-1)40(31-21-19-25-10-9-23-41-38(25)39(31)42-33)44-36-18-8-4-13-29(36)32-24-26(20-22-37(32)44)43-34-16-6-2-11-27(34)28-12-3-7-17-35(28)43/h1-24H. The van der Waals surface area contributed by atoms with Crippen LogP contribution in [0.3, 0.4) is 0 Å². The lowest BCUT2D eigenvalue weighted by Crippen LogP contribution is -2.00. The number of fused-ring (bicyclic) bond motifs is 10. The second-order valence-electron chi connectivity index (χ2n) is 11.4. The minimum Gasteiger partial charge on any atom is -0.309 e. The maximum atomic E-state index is 5.16. The molecule has 6 aromatic carbocycles. The fourth-order valence-electron chi connectivity index (χ4n) is 7.25. The van der Waals surface area contributed by atoms with E-state index in [1.54, 1.807) is 0 Å². The molecule has 0 atom stereocenters. The zero-order chi connectivity index (χ0) is 28.8. The Balaban J connectivity index is 1.35. The number of hydrogen-bond acceptors (Lipinski definition) is 2. The summed E-state index contributed by atoms with van der Waals surface area (Å²) >= 11 is 0. The smallest absolute Gasteiger partial charge is 0.0993 e. The van der Waals surface area contributed by atoms with Crippen LogP contribution in [-0.2, 0) is 0 Å². The van der Waals surface area contributed by atoms with Crippen molar-refractivity contribution in [3.8, 4) is 11.4 Å². The summed E-state index contributed by atoms with van der Waals surface area (Å²) in [4.78, 5) is 9.94. The van der Waals surface area contributed by atoms with Crippen LogP contribution in [0, 0.1) is 0 Å². The van der Waals surface area contributed by atoms with Gasteiger partial charge in [-0.1, -0.05) is 84.9 Å². The van der Waals surface area contributed by atoms with E-state index >= 15 is 0 Å². The Bertz CT molecular complexity index is 2730. The molecule has 4 heteroatoms. The van der Waals surface area contributed by atoms with Gasteiger partial charge in [-0.3, -0.25) is 4.98 Å². The first kappa shape index (κ1) is 23.6. The van der Waals surface area contributed by atoms with E-state index in [4.69, 9.17) is 9.97 Å². The van der Waals surface area contributed by atoms with Crippen molar-refractivity contribution in [3.05, 3.63) is 146 Å². The molecule has 0 radical (unpaired) electrons. The van der Waals surface area contributed by atoms with Crippen molar-refractivity contribution in [2.24, 2.45) is 0 Å². The van der Waals surface area contributed by atoms with Gasteiger partial charge in [0.15, 0.2) is 0 Å². The molecule has 0 unspecified atom stereocenters. The predicted molar refractivity (Wildman–Crippen MR) is 183 cm³/mol. The third kappa shape index (κ3) is 3.11. The average Bonchev–Trinajstić information content (AvgIpc) is 3.60. The highest BCUT2D eigenvalue weighted by Gasteiger charge is 2.20. The molecule has 0 spiro atoms. The SMILES string of the molecule is c1cnc2c(c1)ccc1c(-n3c4ccccc4c4cc(-n5c6ccccc6c6ccccc65)ccc43)c3ccccc3nc12. The number of pyridine rings is 2. The van der Waals surface area contributed by atoms with Gasteiger partial charge in [-0.05, 0) is 54.6 Å². The first-order valence-corrected chi connectivity index (χ1v) is 14.9. The van der Waals surface area contributed by atoms with E-state index in [-0.39, 0.29) is 0 Å². The van der Waals surface area contributed by atoms with Gasteiger partial charge >= 0.3 is 0 Å². The van der Waals surface area contributed by atoms with E-state index in [1.165, 1.54) is 38.1 Å². The third-order valence-corrected chi connectivity index (χ3v) is 9.11. The van der Waals surface area contributed by atoms with Crippen molar-refractivity contribution in [2.75, 3.05) is 0 Å². The van der Waals surface area contributed by atoms with Crippen molar-refractivity contribution in [3.63, 3.8) is 0 Å². The molecule has 0 aliphatic carbocycles. The summed E-state index contributed by atoms with van der Waals surface area (Å²) in [6, 6.07) is 49.9. The van der Waals surface area contributed by atoms with Crippen LogP contribution in [0.2, 0.25) is 0 Å². The monoisotopic (exact) mass is 560 g/mol. The van der Waals surface area contributed by atoms with E-state index in [1.807, 2.05) is 12.3 Å². The molecule has 204 valence electrons. The second-order valence-corrected chi connectivity index (χ2v) is 11.4. The number of benzene rings is 6. The summed E-state index contributed by atoms with van der Waals surface area (Å²) < 4.78 is 4.83. The van der Waals surface area contributed by atoms with Crippen molar-refractivity contribution in [1.29, 1.82) is 0 Å². The fourth-order valence-corrected chi connectivity index (χ4v) is 7.25. The molecule has 0 amide bonds. The lowest BCUT2D eigenvalue weighted by atomic mass is 10.0. The highest BCUT2D eigenvalue weighted by Crippen LogP contribution is 2.40. The number of rotatable bonds is 2. The molecule has 10 rings (SSSR count). The van der Waals surface area contributed by atoms with Gasteiger partial charge < -0.3 is 9.13 Å². The minimum atomic E-state index is 0.921. The molecule has 0 bridgehead atoms. The first-order chi connectivity index (χ1) is 21.8. The van der Waals surface area contributed by atoms with Crippen LogP contribution in [0.5, 0.6) is 0 Å². The van der Waals surface area contributed by atoms with Gasteiger partial charge in [0.1, 0.15) is 0 Å². The Kier molecular flexibility index (Phi) is 4.69. The van der Waals surface area contributed by atoms with Crippen molar-refractivity contribution >= 4 is 76.3 Å². The Morgan fingerprint density at radius 3 is 1.77 bits per heavy atom. The first-order valence-electron chi connectivity index (χ1n) is 14.9. The molecule has 0 saturated carbocycles. The maximum absolute atomic E-state index is 5.16. The second kappa shape index (κ2) is 8.76. The van der Waals surface area contributed by atoms with Gasteiger partial charge in [0.2, 0.25) is 0 Å². The van der Waals surface area contributed by atoms with E-state index in [0.717, 1.165) is 49.6 Å². The van der Waals surface area contributed by atoms with Gasteiger partial charge in [-0.15, -0.1) is 0 Å². The minimum absolute atomic E-state index is 0.921. The zero-order valence-electron chi connectivity index (χ0n) is 23.6. The van der Waals surface area contributed by atoms with Crippen LogP contribution in [0.1, 0.15) is 0 Å². The summed E-state index contributed by atoms with van der Waals surface area (Å²) in [5.41, 5.74) is 9.84. The molecule has 0 N–H and O–H groups in total. The summed E-state index contributed by atoms with van der Waals surface area (Å²) in [7, 11) is 0. The topological polar surface area (TPSA) is 35.6 Å². The highest BCUT2D eigenvalue weighted by molar-refractivity contribution is 6.17. The van der Waals surface area contributed by atoms with Gasteiger partial charge in [0, 0.05) is 49.6 Å². The molecule has 4 aromatic heterocycles. The molecule has 0 saturated heterocycles. The summed E-state index contributed by atoms with van der Waals surface area (Å²) in [5, 5.41) is 8.26. The third-order valence-electron chi connectivity index (χ3n) is 9.11. The van der Waals surface area contributed by atoms with Crippen LogP contribution in [0.25, 0.3) is 87.7 Å². The molecular formula is C40H24N4. The Morgan fingerprint density at radius 2 is 1.02 bits per heavy atom. The molecule has 0 aliphatic rings. The summed E-state index contributed by atoms with van der Waals surface area (Å²) in [5.74, 6) is 0. The normalized spacial score (nSPS) is 12.1. The van der Waals surface area contributed by atoms with Crippen LogP contribution in [-0.4, -0.2) is 19.1 Å². The highest BCUT2D eigenvalue weighted by atomic mass is 15.0. The average molecular weight is 561 g/mol. The van der Waals surface area contributed by atoms with E-state index in [9.17, 15) is 0 Å². The number of para-hydroxylation sites is 4. The summed E-state index contributed by atoms with van der Waals surface area (Å²) in [6.07, 6.45) is 1.86. The predicted octanol–water partition coefficient (Wildman–Crippen LogP) is 10.1. The largest absolute Gasteiger partial charge is 0.309 e. The van der Waals surface area contributed by atoms with Crippen LogP contribution in [0.4, 0.5) is 0 Å². The van der Waals surface area contributed by atoms with Gasteiger partial charge in [-0.2, -0.15) is 0 Å². The van der Waals surface area contributed by atoms with Crippen LogP contribution >= 0.6 is 0 Å². The quantitative estimate of drug-likeness (QED) is 0.156. The van der Waals surface area contributed by atoms with E-state index < -0.39 is 0 Å².